The van der Waals surface area contributed by atoms with Crippen molar-refractivity contribution in [3.8, 4) is 5.75 Å². The molecule has 3 heterocycles. The molecule has 3 aliphatic heterocycles. The number of allylic oxidation sites excluding steroid dienone is 2. The number of nitrogens with zero attached hydrogens (tertiary/aromatic N) is 3. The number of hydrogen-bond acceptors (Lipinski definition) is 7. The largest absolute Gasteiger partial charge is 0.497 e. The molecular formula is C38H52F3N3O6. The van der Waals surface area contributed by atoms with E-state index in [-0.39, 0.29) is 42.2 Å². The summed E-state index contributed by atoms with van der Waals surface area (Å²) in [5.74, 6) is -0.913. The minimum absolute atomic E-state index is 0.00903. The fourth-order valence-corrected chi connectivity index (χ4v) is 9.33. The van der Waals surface area contributed by atoms with Gasteiger partial charge in [-0.1, -0.05) is 24.3 Å². The second kappa shape index (κ2) is 15.8. The number of amides is 1. The molecular weight excluding hydrogens is 651 g/mol. The van der Waals surface area contributed by atoms with Crippen LogP contribution >= 0.6 is 0 Å². The van der Waals surface area contributed by atoms with Crippen molar-refractivity contribution in [1.82, 2.24) is 14.7 Å². The molecule has 6 rings (SSSR count). The number of rotatable bonds is 10. The van der Waals surface area contributed by atoms with Gasteiger partial charge in [-0.05, 0) is 87.7 Å². The molecule has 0 aromatic heterocycles. The number of piperidine rings is 1. The minimum atomic E-state index is -4.44. The third kappa shape index (κ3) is 7.93. The number of carbonyl (C=O) groups is 2. The lowest BCUT2D eigenvalue weighted by molar-refractivity contribution is -0.143. The van der Waals surface area contributed by atoms with Crippen molar-refractivity contribution < 1.29 is 42.1 Å². The highest BCUT2D eigenvalue weighted by atomic mass is 19.4. The van der Waals surface area contributed by atoms with Crippen molar-refractivity contribution in [2.45, 2.75) is 87.7 Å². The first-order valence-electron chi connectivity index (χ1n) is 18.2. The van der Waals surface area contributed by atoms with E-state index < -0.39 is 29.7 Å². The normalized spacial score (nSPS) is 31.8. The van der Waals surface area contributed by atoms with E-state index in [4.69, 9.17) is 14.2 Å². The van der Waals surface area contributed by atoms with Crippen LogP contribution in [0.3, 0.4) is 0 Å². The Morgan fingerprint density at radius 1 is 0.900 bits per heavy atom. The Morgan fingerprint density at radius 2 is 1.60 bits per heavy atom. The molecule has 1 aromatic carbocycles. The van der Waals surface area contributed by atoms with Crippen LogP contribution in [0.1, 0.15) is 62.8 Å². The number of benzene rings is 1. The molecule has 4 fully saturated rings. The zero-order chi connectivity index (χ0) is 35.6. The molecule has 2 unspecified atom stereocenters. The van der Waals surface area contributed by atoms with E-state index in [9.17, 15) is 27.9 Å². The van der Waals surface area contributed by atoms with Crippen LogP contribution in [0.15, 0.2) is 47.6 Å². The van der Waals surface area contributed by atoms with Crippen LogP contribution in [0.25, 0.3) is 0 Å². The van der Waals surface area contributed by atoms with Crippen LogP contribution in [0, 0.1) is 17.8 Å². The topological polar surface area (TPSA) is 91.8 Å². The zero-order valence-electron chi connectivity index (χ0n) is 29.4. The Balaban J connectivity index is 1.25. The highest BCUT2D eigenvalue weighted by molar-refractivity contribution is 5.81. The zero-order valence-corrected chi connectivity index (χ0v) is 29.4. The summed E-state index contributed by atoms with van der Waals surface area (Å²) >= 11 is 0. The van der Waals surface area contributed by atoms with Gasteiger partial charge in [-0.25, -0.2) is 0 Å². The van der Waals surface area contributed by atoms with Crippen molar-refractivity contribution in [3.63, 3.8) is 0 Å². The van der Waals surface area contributed by atoms with E-state index in [0.29, 0.717) is 58.1 Å². The molecule has 50 heavy (non-hydrogen) atoms. The second-order valence-corrected chi connectivity index (χ2v) is 14.9. The number of halogens is 3. The summed E-state index contributed by atoms with van der Waals surface area (Å²) in [6.07, 6.45) is 3.99. The summed E-state index contributed by atoms with van der Waals surface area (Å²) in [7, 11) is 5.03. The smallest absolute Gasteiger partial charge is 0.412 e. The maximum absolute atomic E-state index is 14.8. The van der Waals surface area contributed by atoms with Gasteiger partial charge in [-0.3, -0.25) is 19.4 Å². The number of likely N-dealkylation sites (tertiary alicyclic amines) is 3. The highest BCUT2D eigenvalue weighted by Gasteiger charge is 2.48. The summed E-state index contributed by atoms with van der Waals surface area (Å²) < 4.78 is 58.7. The van der Waals surface area contributed by atoms with Crippen LogP contribution in [-0.2, 0) is 19.1 Å². The molecule has 0 spiro atoms. The lowest BCUT2D eigenvalue weighted by Gasteiger charge is -2.41. The highest BCUT2D eigenvalue weighted by Crippen LogP contribution is 2.44. The molecule has 276 valence electrons. The number of carboxylic acid groups (broad SMARTS) is 1. The average molecular weight is 704 g/mol. The summed E-state index contributed by atoms with van der Waals surface area (Å²) in [6.45, 7) is 3.05. The first-order valence-corrected chi connectivity index (χ1v) is 18.2. The molecule has 1 saturated carbocycles. The number of methoxy groups -OCH3 is 3. The van der Waals surface area contributed by atoms with E-state index in [1.54, 1.807) is 27.4 Å². The Bertz CT molecular complexity index is 1400. The lowest BCUT2D eigenvalue weighted by atomic mass is 9.81. The maximum atomic E-state index is 14.8. The van der Waals surface area contributed by atoms with Gasteiger partial charge >= 0.3 is 12.1 Å². The van der Waals surface area contributed by atoms with Gasteiger partial charge < -0.3 is 24.2 Å². The van der Waals surface area contributed by atoms with E-state index in [0.717, 1.165) is 49.1 Å². The molecule has 0 bridgehead atoms. The fourth-order valence-electron chi connectivity index (χ4n) is 9.33. The van der Waals surface area contributed by atoms with Gasteiger partial charge in [-0.15, -0.1) is 0 Å². The van der Waals surface area contributed by atoms with Crippen LogP contribution in [-0.4, -0.2) is 123 Å². The monoisotopic (exact) mass is 703 g/mol. The van der Waals surface area contributed by atoms with Crippen molar-refractivity contribution in [2.24, 2.45) is 17.8 Å². The van der Waals surface area contributed by atoms with Crippen LogP contribution in [0.5, 0.6) is 5.75 Å². The van der Waals surface area contributed by atoms with E-state index in [2.05, 4.69) is 17.0 Å². The van der Waals surface area contributed by atoms with Crippen LogP contribution in [0.4, 0.5) is 13.2 Å². The molecule has 1 amide bonds. The second-order valence-electron chi connectivity index (χ2n) is 14.9. The van der Waals surface area contributed by atoms with Gasteiger partial charge in [0.15, 0.2) is 0 Å². The first kappa shape index (κ1) is 36.8. The predicted octanol–water partition coefficient (Wildman–Crippen LogP) is 5.52. The van der Waals surface area contributed by atoms with Crippen molar-refractivity contribution in [1.29, 1.82) is 0 Å². The Labute approximate surface area is 293 Å². The van der Waals surface area contributed by atoms with E-state index >= 15 is 0 Å². The average Bonchev–Trinajstić information content (AvgIpc) is 3.76. The van der Waals surface area contributed by atoms with E-state index in [1.165, 1.54) is 6.08 Å². The van der Waals surface area contributed by atoms with Gasteiger partial charge in [0.1, 0.15) is 5.75 Å². The number of carbonyl (C=O) groups excluding carboxylic acids is 1. The molecule has 5 atom stereocenters. The third-order valence-corrected chi connectivity index (χ3v) is 12.2. The first-order chi connectivity index (χ1) is 24.0. The molecule has 0 radical (unpaired) electrons. The Hall–Kier alpha value is -2.93. The minimum Gasteiger partial charge on any atom is -0.497 e. The van der Waals surface area contributed by atoms with Crippen LogP contribution in [0.2, 0.25) is 0 Å². The number of carboxylic acids is 1. The molecule has 2 aliphatic carbocycles. The molecule has 1 N–H and O–H groups in total. The van der Waals surface area contributed by atoms with Crippen LogP contribution < -0.4 is 4.74 Å². The van der Waals surface area contributed by atoms with Gasteiger partial charge in [0.2, 0.25) is 5.91 Å². The van der Waals surface area contributed by atoms with Crippen molar-refractivity contribution in [3.05, 3.63) is 53.1 Å². The third-order valence-electron chi connectivity index (χ3n) is 12.2. The van der Waals surface area contributed by atoms with Gasteiger partial charge in [-0.2, -0.15) is 13.2 Å². The number of aliphatic carboxylic acids is 1. The number of hydrogen-bond donors (Lipinski definition) is 1. The van der Waals surface area contributed by atoms with Gasteiger partial charge in [0.25, 0.3) is 0 Å². The molecule has 3 saturated heterocycles. The lowest BCUT2D eigenvalue weighted by Crippen LogP contribution is -2.47. The Morgan fingerprint density at radius 3 is 2.20 bits per heavy atom. The summed E-state index contributed by atoms with van der Waals surface area (Å²) in [4.78, 5) is 32.9. The maximum Gasteiger partial charge on any atom is 0.412 e. The SMILES string of the molecule is COCC1C[C@@H](C2=CC=C(C(F)(F)F)CC2N2CCC(C(=O)O)CC2)CN1C(=O)[C@@H]1CN([C@H]2CC[C@H](OC)CC2)C[C@H]1c1ccc(OC)cc1. The standard InChI is InChI=1S/C38H52F3N3O6/c1-48-23-29-18-26(32-13-6-27(38(39,40)41)19-35(32)42-16-14-25(15-17-42)37(46)47)20-44(29)36(45)34-22-43(28-7-11-31(50-3)12-8-28)21-33(34)24-4-9-30(49-2)10-5-24/h4-6,9-10,13,25-26,28-29,31,33-35H,7-8,11-12,14-23H2,1-3H3,(H,46,47)/t26-,28-,29?,31-,33+,34-,35?/m1/s1. The van der Waals surface area contributed by atoms with Crippen molar-refractivity contribution in [2.75, 3.05) is 60.7 Å². The summed E-state index contributed by atoms with van der Waals surface area (Å²) in [5, 5.41) is 9.53. The fraction of sp³-hybridized carbons (Fsp3) is 0.684. The van der Waals surface area contributed by atoms with Gasteiger partial charge in [0.05, 0.1) is 37.7 Å². The molecule has 5 aliphatic rings. The predicted molar refractivity (Wildman–Crippen MR) is 182 cm³/mol. The summed E-state index contributed by atoms with van der Waals surface area (Å²) in [6, 6.07) is 7.70. The quantitative estimate of drug-likeness (QED) is 0.341. The van der Waals surface area contributed by atoms with Crippen molar-refractivity contribution >= 4 is 11.9 Å². The Kier molecular flexibility index (Phi) is 11.6. The van der Waals surface area contributed by atoms with E-state index in [1.807, 2.05) is 21.9 Å². The van der Waals surface area contributed by atoms with Gasteiger partial charge in [0, 0.05) is 63.3 Å². The molecule has 1 aromatic rings. The molecule has 12 heteroatoms. The molecule has 9 nitrogen and oxygen atoms in total. The number of alkyl halides is 3. The number of ether oxygens (including phenoxy) is 3. The summed E-state index contributed by atoms with van der Waals surface area (Å²) in [5.41, 5.74) is 1.43.